The molecular formula is C33H42FN3O5S. The first-order valence-electron chi connectivity index (χ1n) is 14.5. The van der Waals surface area contributed by atoms with Crippen molar-refractivity contribution in [3.05, 3.63) is 95.8 Å². The molecule has 0 saturated heterocycles. The van der Waals surface area contributed by atoms with Crippen molar-refractivity contribution in [3.63, 3.8) is 0 Å². The summed E-state index contributed by atoms with van der Waals surface area (Å²) in [6, 6.07) is 21.5. The van der Waals surface area contributed by atoms with E-state index in [0.29, 0.717) is 24.6 Å². The Hall–Kier alpha value is -3.92. The highest BCUT2D eigenvalue weighted by atomic mass is 32.2. The minimum Gasteiger partial charge on any atom is -0.492 e. The molecule has 10 heteroatoms. The van der Waals surface area contributed by atoms with Crippen molar-refractivity contribution in [3.8, 4) is 5.75 Å². The molecule has 232 valence electrons. The quantitative estimate of drug-likeness (QED) is 0.241. The lowest BCUT2D eigenvalue weighted by Gasteiger charge is -2.32. The van der Waals surface area contributed by atoms with Gasteiger partial charge in [0.2, 0.25) is 21.8 Å². The van der Waals surface area contributed by atoms with E-state index in [1.807, 2.05) is 51.1 Å². The minimum atomic E-state index is -3.70. The molecule has 0 aromatic heterocycles. The van der Waals surface area contributed by atoms with Crippen LogP contribution in [0, 0.1) is 11.7 Å². The molecule has 3 rings (SSSR count). The molecule has 1 N–H and O–H groups in total. The van der Waals surface area contributed by atoms with Crippen molar-refractivity contribution in [2.45, 2.75) is 52.6 Å². The number of carbonyl (C=O) groups excluding carboxylic acids is 2. The summed E-state index contributed by atoms with van der Waals surface area (Å²) in [5, 5.41) is 2.94. The van der Waals surface area contributed by atoms with Crippen LogP contribution in [0.1, 0.15) is 44.7 Å². The van der Waals surface area contributed by atoms with Crippen LogP contribution in [0.3, 0.4) is 0 Å². The number of nitrogens with zero attached hydrogens (tertiary/aromatic N) is 2. The van der Waals surface area contributed by atoms with Gasteiger partial charge in [-0.3, -0.25) is 13.9 Å². The normalized spacial score (nSPS) is 12.0. The first-order chi connectivity index (χ1) is 20.5. The number of amides is 2. The van der Waals surface area contributed by atoms with Crippen molar-refractivity contribution < 1.29 is 27.1 Å². The zero-order chi connectivity index (χ0) is 31.4. The Morgan fingerprint density at radius 1 is 0.953 bits per heavy atom. The second-order valence-corrected chi connectivity index (χ2v) is 12.7. The third-order valence-electron chi connectivity index (χ3n) is 6.84. The number of nitrogens with one attached hydrogen (secondary N) is 1. The maximum atomic E-state index is 14.8. The second-order valence-electron chi connectivity index (χ2n) is 10.8. The lowest BCUT2D eigenvalue weighted by atomic mass is 10.0. The predicted molar refractivity (Wildman–Crippen MR) is 168 cm³/mol. The average molecular weight is 612 g/mol. The summed E-state index contributed by atoms with van der Waals surface area (Å²) in [4.78, 5) is 28.9. The topological polar surface area (TPSA) is 96.0 Å². The van der Waals surface area contributed by atoms with Gasteiger partial charge in [0.15, 0.2) is 0 Å². The summed E-state index contributed by atoms with van der Waals surface area (Å²) in [5.74, 6) is -0.565. The van der Waals surface area contributed by atoms with E-state index in [1.54, 1.807) is 42.5 Å². The number of hydrogen-bond acceptors (Lipinski definition) is 5. The maximum Gasteiger partial charge on any atom is 0.243 e. The summed E-state index contributed by atoms with van der Waals surface area (Å²) in [6.45, 7) is 6.46. The Kier molecular flexibility index (Phi) is 12.5. The Balaban J connectivity index is 1.90. The number of ether oxygens (including phenoxy) is 1. The standard InChI is InChI=1S/C33H42FN3O5S/c1-5-42-31-19-12-11-18-29(31)37(43(4,40)41)21-13-20-32(38)36(24-27-16-9-10-17-28(27)34)30(33(39)35-23-25(2)3)22-26-14-7-6-8-15-26/h6-12,14-19,25,30H,5,13,20-24H2,1-4H3,(H,35,39)/t30-/m0/s1. The molecule has 3 aromatic rings. The lowest BCUT2D eigenvalue weighted by Crippen LogP contribution is -2.51. The number of anilines is 1. The van der Waals surface area contributed by atoms with Crippen LogP contribution >= 0.6 is 0 Å². The summed E-state index contributed by atoms with van der Waals surface area (Å²) < 4.78 is 47.3. The van der Waals surface area contributed by atoms with Crippen molar-refractivity contribution in [1.29, 1.82) is 0 Å². The Morgan fingerprint density at radius 2 is 1.60 bits per heavy atom. The van der Waals surface area contributed by atoms with Crippen LogP contribution < -0.4 is 14.4 Å². The number of carbonyl (C=O) groups is 2. The fraction of sp³-hybridized carbons (Fsp3) is 0.394. The SMILES string of the molecule is CCOc1ccccc1N(CCCC(=O)N(Cc1ccccc1F)[C@@H](Cc1ccccc1)C(=O)NCC(C)C)S(C)(=O)=O. The molecule has 0 aliphatic carbocycles. The monoisotopic (exact) mass is 611 g/mol. The molecule has 0 fully saturated rings. The number of halogens is 1. The van der Waals surface area contributed by atoms with E-state index in [9.17, 15) is 22.4 Å². The second kappa shape index (κ2) is 16.1. The molecule has 2 amide bonds. The van der Waals surface area contributed by atoms with Crippen molar-refractivity contribution in [1.82, 2.24) is 10.2 Å². The average Bonchev–Trinajstić information content (AvgIpc) is 2.97. The van der Waals surface area contributed by atoms with E-state index in [4.69, 9.17) is 4.74 Å². The number of para-hydroxylation sites is 2. The van der Waals surface area contributed by atoms with Gasteiger partial charge in [0.05, 0.1) is 18.6 Å². The summed E-state index contributed by atoms with van der Waals surface area (Å²) in [7, 11) is -3.70. The summed E-state index contributed by atoms with van der Waals surface area (Å²) in [6.07, 6.45) is 1.46. The summed E-state index contributed by atoms with van der Waals surface area (Å²) >= 11 is 0. The molecular weight excluding hydrogens is 569 g/mol. The Morgan fingerprint density at radius 3 is 2.26 bits per heavy atom. The van der Waals surface area contributed by atoms with E-state index in [1.165, 1.54) is 15.3 Å². The van der Waals surface area contributed by atoms with E-state index in [2.05, 4.69) is 5.32 Å². The van der Waals surface area contributed by atoms with Gasteiger partial charge < -0.3 is 15.0 Å². The highest BCUT2D eigenvalue weighted by Crippen LogP contribution is 2.30. The number of sulfonamides is 1. The largest absolute Gasteiger partial charge is 0.492 e. The van der Waals surface area contributed by atoms with Crippen LogP contribution in [-0.4, -0.2) is 57.1 Å². The molecule has 0 radical (unpaired) electrons. The van der Waals surface area contributed by atoms with E-state index >= 15 is 0 Å². The van der Waals surface area contributed by atoms with E-state index in [-0.39, 0.29) is 55.6 Å². The predicted octanol–water partition coefficient (Wildman–Crippen LogP) is 5.18. The number of hydrogen-bond donors (Lipinski definition) is 1. The lowest BCUT2D eigenvalue weighted by molar-refractivity contribution is -0.141. The van der Waals surface area contributed by atoms with Crippen LogP contribution in [0.2, 0.25) is 0 Å². The zero-order valence-corrected chi connectivity index (χ0v) is 26.1. The van der Waals surface area contributed by atoms with Gasteiger partial charge in [-0.25, -0.2) is 12.8 Å². The molecule has 43 heavy (non-hydrogen) atoms. The molecule has 0 unspecified atom stereocenters. The molecule has 1 atom stereocenters. The molecule has 3 aromatic carbocycles. The highest BCUT2D eigenvalue weighted by molar-refractivity contribution is 7.92. The fourth-order valence-corrected chi connectivity index (χ4v) is 5.68. The molecule has 0 spiro atoms. The van der Waals surface area contributed by atoms with Crippen LogP contribution in [0.5, 0.6) is 5.75 Å². The third kappa shape index (κ3) is 10.1. The van der Waals surface area contributed by atoms with Gasteiger partial charge >= 0.3 is 0 Å². The molecule has 8 nitrogen and oxygen atoms in total. The Bertz CT molecular complexity index is 1450. The van der Waals surface area contributed by atoms with Gasteiger partial charge in [0, 0.05) is 38.0 Å². The smallest absolute Gasteiger partial charge is 0.243 e. The van der Waals surface area contributed by atoms with Crippen molar-refractivity contribution >= 4 is 27.5 Å². The third-order valence-corrected chi connectivity index (χ3v) is 8.02. The van der Waals surface area contributed by atoms with Gasteiger partial charge in [0.25, 0.3) is 0 Å². The van der Waals surface area contributed by atoms with Crippen molar-refractivity contribution in [2.24, 2.45) is 5.92 Å². The number of benzene rings is 3. The molecule has 0 heterocycles. The molecule has 0 aliphatic heterocycles. The first kappa shape index (κ1) is 33.6. The highest BCUT2D eigenvalue weighted by Gasteiger charge is 2.31. The zero-order valence-electron chi connectivity index (χ0n) is 25.3. The van der Waals surface area contributed by atoms with E-state index in [0.717, 1.165) is 11.8 Å². The van der Waals surface area contributed by atoms with Crippen molar-refractivity contribution in [2.75, 3.05) is 30.3 Å². The van der Waals surface area contributed by atoms with Gasteiger partial charge in [0.1, 0.15) is 17.6 Å². The van der Waals surface area contributed by atoms with E-state index < -0.39 is 21.9 Å². The van der Waals surface area contributed by atoms with Gasteiger partial charge in [-0.1, -0.05) is 74.5 Å². The van der Waals surface area contributed by atoms with Crippen LogP contribution in [0.15, 0.2) is 78.9 Å². The number of rotatable bonds is 16. The molecule has 0 bridgehead atoms. The molecule has 0 saturated carbocycles. The van der Waals surface area contributed by atoms with Gasteiger partial charge in [-0.2, -0.15) is 0 Å². The van der Waals surface area contributed by atoms with Gasteiger partial charge in [-0.05, 0) is 43.0 Å². The molecule has 0 aliphatic rings. The Labute approximate surface area is 254 Å². The minimum absolute atomic E-state index is 0.0189. The first-order valence-corrected chi connectivity index (χ1v) is 16.4. The van der Waals surface area contributed by atoms with Gasteiger partial charge in [-0.15, -0.1) is 0 Å². The van der Waals surface area contributed by atoms with Crippen LogP contribution in [0.4, 0.5) is 10.1 Å². The maximum absolute atomic E-state index is 14.8. The fourth-order valence-electron chi connectivity index (χ4n) is 4.71. The van der Waals surface area contributed by atoms with Crippen LogP contribution in [0.25, 0.3) is 0 Å². The van der Waals surface area contributed by atoms with Crippen LogP contribution in [-0.2, 0) is 32.6 Å². The summed E-state index contributed by atoms with van der Waals surface area (Å²) in [5.41, 5.74) is 1.53.